The Morgan fingerprint density at radius 3 is 2.80 bits per heavy atom. The molecule has 0 saturated heterocycles. The zero-order valence-corrected chi connectivity index (χ0v) is 21.2. The molecule has 1 atom stereocenters. The van der Waals surface area contributed by atoms with Crippen LogP contribution in [-0.4, -0.2) is 60.1 Å². The maximum Gasteiger partial charge on any atom is 0.276 e. The van der Waals surface area contributed by atoms with Crippen LogP contribution in [0.4, 0.5) is 0 Å². The number of amides is 3. The molecule has 3 amide bonds. The lowest BCUT2D eigenvalue weighted by Crippen LogP contribution is -2.48. The van der Waals surface area contributed by atoms with Gasteiger partial charge in [-0.05, 0) is 43.4 Å². The van der Waals surface area contributed by atoms with Crippen LogP contribution < -0.4 is 15.4 Å². The van der Waals surface area contributed by atoms with E-state index in [1.807, 2.05) is 20.8 Å². The Labute approximate surface area is 210 Å². The van der Waals surface area contributed by atoms with Crippen molar-refractivity contribution in [3.63, 3.8) is 0 Å². The molecule has 2 N–H and O–H groups in total. The molecule has 1 aliphatic heterocycles. The Morgan fingerprint density at radius 1 is 1.26 bits per heavy atom. The van der Waals surface area contributed by atoms with Crippen molar-refractivity contribution in [3.8, 4) is 5.75 Å². The minimum atomic E-state index is -0.362. The quantitative estimate of drug-likeness (QED) is 0.659. The second kappa shape index (κ2) is 12.6. The van der Waals surface area contributed by atoms with Crippen molar-refractivity contribution >= 4 is 29.3 Å². The number of carbonyl (C=O) groups excluding carboxylic acids is 3. The van der Waals surface area contributed by atoms with E-state index in [-0.39, 0.29) is 48.5 Å². The molecule has 0 aliphatic carbocycles. The average Bonchev–Trinajstić information content (AvgIpc) is 3.28. The standard InChI is InChI=1S/C25H33ClN4O5/c1-4-7-18-13-20(29-35-18)25(33)30-11-6-5-10-27-24(32)19-12-17(26)8-9-22(19)34-15-21(16(2)3)28-23(31)14-30/h8-9,12-13,16,21H,4-7,10-11,14-15H2,1-3H3,(H,27,32)(H,28,31)/t21-/m1/s1. The third-order valence-corrected chi connectivity index (χ3v) is 6.03. The number of hydrogen-bond acceptors (Lipinski definition) is 6. The summed E-state index contributed by atoms with van der Waals surface area (Å²) in [5.74, 6) is 0.139. The number of benzene rings is 1. The number of aryl methyl sites for hydroxylation is 1. The van der Waals surface area contributed by atoms with Gasteiger partial charge in [-0.1, -0.05) is 37.5 Å². The van der Waals surface area contributed by atoms with Crippen molar-refractivity contribution < 1.29 is 23.6 Å². The van der Waals surface area contributed by atoms with E-state index in [2.05, 4.69) is 15.8 Å². The van der Waals surface area contributed by atoms with E-state index >= 15 is 0 Å². The van der Waals surface area contributed by atoms with Crippen molar-refractivity contribution in [1.29, 1.82) is 0 Å². The van der Waals surface area contributed by atoms with Crippen molar-refractivity contribution in [2.24, 2.45) is 5.92 Å². The number of aromatic nitrogens is 1. The molecule has 35 heavy (non-hydrogen) atoms. The molecular weight excluding hydrogens is 472 g/mol. The van der Waals surface area contributed by atoms with Gasteiger partial charge in [0.25, 0.3) is 11.8 Å². The fourth-order valence-electron chi connectivity index (χ4n) is 3.73. The van der Waals surface area contributed by atoms with Crippen LogP contribution in [0, 0.1) is 5.92 Å². The van der Waals surface area contributed by atoms with Gasteiger partial charge in [-0.15, -0.1) is 0 Å². The van der Waals surface area contributed by atoms with Crippen molar-refractivity contribution in [2.45, 2.75) is 52.5 Å². The zero-order chi connectivity index (χ0) is 25.4. The SMILES string of the molecule is CCCc1cc(C(=O)N2CCCCNC(=O)c3cc(Cl)ccc3OC[C@H](C(C)C)NC(=O)C2)no1. The van der Waals surface area contributed by atoms with Gasteiger partial charge in [-0.2, -0.15) is 0 Å². The first-order valence-electron chi connectivity index (χ1n) is 12.0. The number of carbonyl (C=O) groups is 3. The molecule has 0 saturated carbocycles. The molecule has 0 fully saturated rings. The Hall–Kier alpha value is -3.07. The van der Waals surface area contributed by atoms with E-state index in [0.29, 0.717) is 54.4 Å². The lowest BCUT2D eigenvalue weighted by molar-refractivity contribution is -0.123. The third-order valence-electron chi connectivity index (χ3n) is 5.79. The van der Waals surface area contributed by atoms with E-state index in [0.717, 1.165) is 6.42 Å². The molecule has 9 nitrogen and oxygen atoms in total. The Bertz CT molecular complexity index is 1040. The van der Waals surface area contributed by atoms with Crippen LogP contribution in [0.3, 0.4) is 0 Å². The lowest BCUT2D eigenvalue weighted by atomic mass is 10.1. The first-order valence-corrected chi connectivity index (χ1v) is 12.4. The van der Waals surface area contributed by atoms with E-state index in [1.165, 1.54) is 4.90 Å². The summed E-state index contributed by atoms with van der Waals surface area (Å²) in [4.78, 5) is 40.3. The molecular formula is C25H33ClN4O5. The number of rotatable bonds is 4. The van der Waals surface area contributed by atoms with Gasteiger partial charge in [-0.3, -0.25) is 14.4 Å². The first-order chi connectivity index (χ1) is 16.8. The van der Waals surface area contributed by atoms with Gasteiger partial charge in [0.2, 0.25) is 5.91 Å². The minimum Gasteiger partial charge on any atom is -0.491 e. The molecule has 1 aromatic carbocycles. The number of hydrogen-bond donors (Lipinski definition) is 2. The van der Waals surface area contributed by atoms with E-state index in [1.54, 1.807) is 24.3 Å². The van der Waals surface area contributed by atoms with Gasteiger partial charge in [0, 0.05) is 30.6 Å². The minimum absolute atomic E-state index is 0.0514. The second-order valence-corrected chi connectivity index (χ2v) is 9.42. The maximum absolute atomic E-state index is 13.1. The van der Waals surface area contributed by atoms with E-state index < -0.39 is 0 Å². The maximum atomic E-state index is 13.1. The average molecular weight is 505 g/mol. The first kappa shape index (κ1) is 26.5. The van der Waals surface area contributed by atoms with Gasteiger partial charge in [-0.25, -0.2) is 0 Å². The number of nitrogens with zero attached hydrogens (tertiary/aromatic N) is 2. The van der Waals surface area contributed by atoms with Crippen LogP contribution in [0.1, 0.15) is 66.6 Å². The summed E-state index contributed by atoms with van der Waals surface area (Å²) < 4.78 is 11.2. The van der Waals surface area contributed by atoms with Crippen molar-refractivity contribution in [3.05, 3.63) is 46.3 Å². The molecule has 2 heterocycles. The van der Waals surface area contributed by atoms with Crippen LogP contribution in [0.5, 0.6) is 5.75 Å². The molecule has 10 heteroatoms. The van der Waals surface area contributed by atoms with Crippen molar-refractivity contribution in [2.75, 3.05) is 26.2 Å². The normalized spacial score (nSPS) is 18.1. The largest absolute Gasteiger partial charge is 0.491 e. The molecule has 0 bridgehead atoms. The molecule has 3 rings (SSSR count). The van der Waals surface area contributed by atoms with Gasteiger partial charge < -0.3 is 24.8 Å². The van der Waals surface area contributed by atoms with Gasteiger partial charge in [0.15, 0.2) is 5.69 Å². The predicted molar refractivity (Wildman–Crippen MR) is 132 cm³/mol. The smallest absolute Gasteiger partial charge is 0.276 e. The van der Waals surface area contributed by atoms with Gasteiger partial charge in [0.05, 0.1) is 18.2 Å². The fourth-order valence-corrected chi connectivity index (χ4v) is 3.90. The van der Waals surface area contributed by atoms with Gasteiger partial charge in [0.1, 0.15) is 18.1 Å². The fraction of sp³-hybridized carbons (Fsp3) is 0.520. The summed E-state index contributed by atoms with van der Waals surface area (Å²) in [5, 5.41) is 10.2. The van der Waals surface area contributed by atoms with Crippen molar-refractivity contribution in [1.82, 2.24) is 20.7 Å². The summed E-state index contributed by atoms with van der Waals surface area (Å²) in [7, 11) is 0. The molecule has 0 spiro atoms. The molecule has 1 aromatic heterocycles. The highest BCUT2D eigenvalue weighted by Crippen LogP contribution is 2.24. The molecule has 2 aromatic rings. The summed E-state index contributed by atoms with van der Waals surface area (Å²) >= 11 is 6.11. The highest BCUT2D eigenvalue weighted by molar-refractivity contribution is 6.31. The summed E-state index contributed by atoms with van der Waals surface area (Å²) in [5.41, 5.74) is 0.524. The lowest BCUT2D eigenvalue weighted by Gasteiger charge is -2.26. The number of nitrogens with one attached hydrogen (secondary N) is 2. The van der Waals surface area contributed by atoms with Crippen LogP contribution in [-0.2, 0) is 11.2 Å². The van der Waals surface area contributed by atoms with Crippen LogP contribution >= 0.6 is 11.6 Å². The Balaban J connectivity index is 1.80. The monoisotopic (exact) mass is 504 g/mol. The Kier molecular flexibility index (Phi) is 9.54. The number of fused-ring (bicyclic) bond motifs is 1. The third kappa shape index (κ3) is 7.45. The summed E-state index contributed by atoms with van der Waals surface area (Å²) in [6.07, 6.45) is 2.76. The van der Waals surface area contributed by atoms with Gasteiger partial charge >= 0.3 is 0 Å². The predicted octanol–water partition coefficient (Wildman–Crippen LogP) is 3.47. The number of ether oxygens (including phenoxy) is 1. The molecule has 0 radical (unpaired) electrons. The second-order valence-electron chi connectivity index (χ2n) is 8.99. The van der Waals surface area contributed by atoms with E-state index in [4.69, 9.17) is 20.9 Å². The summed E-state index contributed by atoms with van der Waals surface area (Å²) in [6, 6.07) is 6.17. The highest BCUT2D eigenvalue weighted by Gasteiger charge is 2.25. The molecule has 1 aliphatic rings. The summed E-state index contributed by atoms with van der Waals surface area (Å²) in [6.45, 7) is 6.72. The Morgan fingerprint density at radius 2 is 2.06 bits per heavy atom. The van der Waals surface area contributed by atoms with Crippen LogP contribution in [0.25, 0.3) is 0 Å². The van der Waals surface area contributed by atoms with Crippen LogP contribution in [0.2, 0.25) is 5.02 Å². The molecule has 0 unspecified atom stereocenters. The van der Waals surface area contributed by atoms with Crippen LogP contribution in [0.15, 0.2) is 28.8 Å². The molecule has 190 valence electrons. The topological polar surface area (TPSA) is 114 Å². The number of halogens is 1. The van der Waals surface area contributed by atoms with E-state index in [9.17, 15) is 14.4 Å². The highest BCUT2D eigenvalue weighted by atomic mass is 35.5. The zero-order valence-electron chi connectivity index (χ0n) is 20.4.